The summed E-state index contributed by atoms with van der Waals surface area (Å²) in [4.78, 5) is 14.5. The van der Waals surface area contributed by atoms with Crippen molar-refractivity contribution in [1.29, 1.82) is 0 Å². The van der Waals surface area contributed by atoms with Gasteiger partial charge in [0.15, 0.2) is 0 Å². The minimum absolute atomic E-state index is 0.0752. The number of rotatable bonds is 9. The van der Waals surface area contributed by atoms with Crippen LogP contribution in [0.15, 0.2) is 40.9 Å². The first-order valence-corrected chi connectivity index (χ1v) is 9.69. The van der Waals surface area contributed by atoms with Crippen molar-refractivity contribution in [3.8, 4) is 17.2 Å². The van der Waals surface area contributed by atoms with Crippen molar-refractivity contribution < 1.29 is 19.0 Å². The van der Waals surface area contributed by atoms with Crippen molar-refractivity contribution in [3.63, 3.8) is 0 Å². The van der Waals surface area contributed by atoms with Gasteiger partial charge in [-0.1, -0.05) is 15.9 Å². The van der Waals surface area contributed by atoms with Gasteiger partial charge in [-0.2, -0.15) is 0 Å². The van der Waals surface area contributed by atoms with Crippen molar-refractivity contribution in [3.05, 3.63) is 52.0 Å². The summed E-state index contributed by atoms with van der Waals surface area (Å²) in [6.07, 6.45) is 0. The van der Waals surface area contributed by atoms with Crippen LogP contribution in [0.4, 0.5) is 0 Å². The number of hydrogen-bond acceptors (Lipinski definition) is 5. The second-order valence-electron chi connectivity index (χ2n) is 6.53. The zero-order valence-electron chi connectivity index (χ0n) is 16.9. The molecule has 0 heterocycles. The Morgan fingerprint density at radius 3 is 2.39 bits per heavy atom. The van der Waals surface area contributed by atoms with Gasteiger partial charge in [-0.05, 0) is 50.4 Å². The van der Waals surface area contributed by atoms with Crippen LogP contribution >= 0.6 is 15.9 Å². The first-order valence-electron chi connectivity index (χ1n) is 8.90. The molecule has 2 rings (SSSR count). The molecule has 1 unspecified atom stereocenters. The molecule has 0 aliphatic rings. The van der Waals surface area contributed by atoms with E-state index in [1.54, 1.807) is 21.3 Å². The molecule has 152 valence electrons. The van der Waals surface area contributed by atoms with Crippen LogP contribution in [0.25, 0.3) is 0 Å². The number of amides is 1. The van der Waals surface area contributed by atoms with Crippen LogP contribution in [0, 0.1) is 0 Å². The Morgan fingerprint density at radius 1 is 1.07 bits per heavy atom. The Kier molecular flexibility index (Phi) is 8.14. The SMILES string of the molecule is COc1ccc(OC)c(C(C)NC(=O)CN(C)Cc2cc(Br)ccc2OC)c1. The van der Waals surface area contributed by atoms with E-state index in [4.69, 9.17) is 14.2 Å². The molecule has 0 aliphatic carbocycles. The average molecular weight is 451 g/mol. The molecule has 7 heteroatoms. The molecular weight excluding hydrogens is 424 g/mol. The largest absolute Gasteiger partial charge is 0.497 e. The number of carbonyl (C=O) groups excluding carboxylic acids is 1. The third-order valence-electron chi connectivity index (χ3n) is 4.38. The van der Waals surface area contributed by atoms with E-state index in [0.717, 1.165) is 27.1 Å². The fourth-order valence-electron chi connectivity index (χ4n) is 3.01. The van der Waals surface area contributed by atoms with Gasteiger partial charge < -0.3 is 19.5 Å². The highest BCUT2D eigenvalue weighted by molar-refractivity contribution is 9.10. The number of likely N-dealkylation sites (N-methyl/N-ethyl adjacent to an activating group) is 1. The van der Waals surface area contributed by atoms with E-state index >= 15 is 0 Å². The highest BCUT2D eigenvalue weighted by Gasteiger charge is 2.17. The van der Waals surface area contributed by atoms with Crippen LogP contribution in [-0.2, 0) is 11.3 Å². The fourth-order valence-corrected chi connectivity index (χ4v) is 3.41. The summed E-state index contributed by atoms with van der Waals surface area (Å²) >= 11 is 3.47. The van der Waals surface area contributed by atoms with Crippen LogP contribution in [0.3, 0.4) is 0 Å². The Hall–Kier alpha value is -2.25. The van der Waals surface area contributed by atoms with Gasteiger partial charge in [-0.25, -0.2) is 0 Å². The molecule has 0 bridgehead atoms. The molecule has 0 spiro atoms. The molecule has 1 N–H and O–H groups in total. The van der Waals surface area contributed by atoms with Crippen LogP contribution in [0.1, 0.15) is 24.1 Å². The Morgan fingerprint density at radius 2 is 1.75 bits per heavy atom. The molecule has 1 atom stereocenters. The van der Waals surface area contributed by atoms with E-state index in [1.807, 2.05) is 55.3 Å². The number of carbonyl (C=O) groups is 1. The lowest BCUT2D eigenvalue weighted by Gasteiger charge is -2.21. The third-order valence-corrected chi connectivity index (χ3v) is 4.87. The standard InChI is InChI=1S/C21H27BrN2O4/c1-14(18-11-17(26-3)7-9-20(18)28-5)23-21(25)13-24(2)12-15-10-16(22)6-8-19(15)27-4/h6-11,14H,12-13H2,1-5H3,(H,23,25). The quantitative estimate of drug-likeness (QED) is 0.629. The van der Waals surface area contributed by atoms with Gasteiger partial charge in [-0.15, -0.1) is 0 Å². The lowest BCUT2D eigenvalue weighted by Crippen LogP contribution is -2.36. The summed E-state index contributed by atoms with van der Waals surface area (Å²) in [7, 11) is 6.76. The van der Waals surface area contributed by atoms with E-state index in [-0.39, 0.29) is 18.5 Å². The molecule has 0 saturated heterocycles. The number of ether oxygens (including phenoxy) is 3. The monoisotopic (exact) mass is 450 g/mol. The Bertz CT molecular complexity index is 813. The number of benzene rings is 2. The number of nitrogens with one attached hydrogen (secondary N) is 1. The molecule has 0 fully saturated rings. The van der Waals surface area contributed by atoms with E-state index in [1.165, 1.54) is 0 Å². The summed E-state index contributed by atoms with van der Waals surface area (Å²) in [5.74, 6) is 2.15. The highest BCUT2D eigenvalue weighted by atomic mass is 79.9. The molecule has 0 aromatic heterocycles. The molecule has 6 nitrogen and oxygen atoms in total. The smallest absolute Gasteiger partial charge is 0.234 e. The lowest BCUT2D eigenvalue weighted by atomic mass is 10.1. The first-order chi connectivity index (χ1) is 13.4. The van der Waals surface area contributed by atoms with Gasteiger partial charge in [-0.3, -0.25) is 9.69 Å². The van der Waals surface area contributed by atoms with Gasteiger partial charge in [0, 0.05) is 22.1 Å². The second-order valence-corrected chi connectivity index (χ2v) is 7.44. The van der Waals surface area contributed by atoms with Crippen molar-refractivity contribution in [2.45, 2.75) is 19.5 Å². The number of nitrogens with zero attached hydrogens (tertiary/aromatic N) is 1. The Balaban J connectivity index is 2.01. The van der Waals surface area contributed by atoms with Crippen molar-refractivity contribution in [1.82, 2.24) is 10.2 Å². The zero-order chi connectivity index (χ0) is 20.7. The normalized spacial score (nSPS) is 11.8. The molecule has 0 aliphatic heterocycles. The second kappa shape index (κ2) is 10.3. The zero-order valence-corrected chi connectivity index (χ0v) is 18.5. The molecule has 1 amide bonds. The minimum Gasteiger partial charge on any atom is -0.497 e. The molecule has 0 saturated carbocycles. The summed E-state index contributed by atoms with van der Waals surface area (Å²) < 4.78 is 17.1. The van der Waals surface area contributed by atoms with Crippen molar-refractivity contribution in [2.24, 2.45) is 0 Å². The maximum atomic E-state index is 12.5. The summed E-state index contributed by atoms with van der Waals surface area (Å²) in [5.41, 5.74) is 1.88. The lowest BCUT2D eigenvalue weighted by molar-refractivity contribution is -0.122. The van der Waals surface area contributed by atoms with Gasteiger partial charge in [0.1, 0.15) is 17.2 Å². The number of halogens is 1. The van der Waals surface area contributed by atoms with Crippen LogP contribution < -0.4 is 19.5 Å². The number of hydrogen-bond donors (Lipinski definition) is 1. The molecule has 0 radical (unpaired) electrons. The first kappa shape index (κ1) is 22.0. The summed E-state index contributed by atoms with van der Waals surface area (Å²) in [5, 5.41) is 3.02. The fraction of sp³-hybridized carbons (Fsp3) is 0.381. The topological polar surface area (TPSA) is 60.0 Å². The van der Waals surface area contributed by atoms with Crippen molar-refractivity contribution >= 4 is 21.8 Å². The van der Waals surface area contributed by atoms with Crippen molar-refractivity contribution in [2.75, 3.05) is 34.9 Å². The van der Waals surface area contributed by atoms with Crippen LogP contribution in [-0.4, -0.2) is 45.7 Å². The maximum Gasteiger partial charge on any atom is 0.234 e. The van der Waals surface area contributed by atoms with E-state index < -0.39 is 0 Å². The molecular formula is C21H27BrN2O4. The minimum atomic E-state index is -0.216. The van der Waals surface area contributed by atoms with E-state index in [9.17, 15) is 4.79 Å². The van der Waals surface area contributed by atoms with E-state index in [2.05, 4.69) is 21.2 Å². The predicted molar refractivity (Wildman–Crippen MR) is 113 cm³/mol. The van der Waals surface area contributed by atoms with E-state index in [0.29, 0.717) is 12.3 Å². The van der Waals surface area contributed by atoms with Gasteiger partial charge in [0.05, 0.1) is 33.9 Å². The highest BCUT2D eigenvalue weighted by Crippen LogP contribution is 2.29. The maximum absolute atomic E-state index is 12.5. The molecule has 28 heavy (non-hydrogen) atoms. The van der Waals surface area contributed by atoms with Gasteiger partial charge in [0.25, 0.3) is 0 Å². The third kappa shape index (κ3) is 5.87. The van der Waals surface area contributed by atoms with Gasteiger partial charge >= 0.3 is 0 Å². The average Bonchev–Trinajstić information content (AvgIpc) is 2.67. The molecule has 2 aromatic carbocycles. The predicted octanol–water partition coefficient (Wildman–Crippen LogP) is 3.78. The number of methoxy groups -OCH3 is 3. The summed E-state index contributed by atoms with van der Waals surface area (Å²) in [6.45, 7) is 2.77. The van der Waals surface area contributed by atoms with Crippen LogP contribution in [0.2, 0.25) is 0 Å². The van der Waals surface area contributed by atoms with Gasteiger partial charge in [0.2, 0.25) is 5.91 Å². The summed E-state index contributed by atoms with van der Waals surface area (Å²) in [6, 6.07) is 11.2. The van der Waals surface area contributed by atoms with Crippen LogP contribution in [0.5, 0.6) is 17.2 Å². The molecule has 2 aromatic rings. The Labute approximate surface area is 174 Å².